The summed E-state index contributed by atoms with van der Waals surface area (Å²) in [6, 6.07) is 20.6. The molecule has 3 aromatic rings. The van der Waals surface area contributed by atoms with E-state index < -0.39 is 0 Å². The average Bonchev–Trinajstić information content (AvgIpc) is 2.76. The highest BCUT2D eigenvalue weighted by molar-refractivity contribution is 7.99. The van der Waals surface area contributed by atoms with Crippen LogP contribution in [-0.4, -0.2) is 31.7 Å². The van der Waals surface area contributed by atoms with Gasteiger partial charge in [0, 0.05) is 42.5 Å². The number of benzene rings is 3. The second-order valence-corrected chi connectivity index (χ2v) is 8.13. The Morgan fingerprint density at radius 2 is 1.42 bits per heavy atom. The molecule has 31 heavy (non-hydrogen) atoms. The number of anilines is 3. The Labute approximate surface area is 185 Å². The fourth-order valence-electron chi connectivity index (χ4n) is 2.79. The molecule has 7 heteroatoms. The molecule has 5 nitrogen and oxygen atoms in total. The first-order valence-corrected chi connectivity index (χ1v) is 10.9. The lowest BCUT2D eigenvalue weighted by atomic mass is 10.1. The molecule has 0 saturated carbocycles. The summed E-state index contributed by atoms with van der Waals surface area (Å²) in [5.41, 5.74) is 3.96. The van der Waals surface area contributed by atoms with E-state index in [9.17, 15) is 14.0 Å². The van der Waals surface area contributed by atoms with Crippen molar-refractivity contribution in [2.24, 2.45) is 0 Å². The van der Waals surface area contributed by atoms with E-state index in [0.717, 1.165) is 16.9 Å². The van der Waals surface area contributed by atoms with Gasteiger partial charge in [-0.2, -0.15) is 0 Å². The fraction of sp³-hybridized carbons (Fsp3) is 0.167. The van der Waals surface area contributed by atoms with Gasteiger partial charge in [-0.15, -0.1) is 11.8 Å². The molecule has 0 aliphatic carbocycles. The molecule has 0 atom stereocenters. The third-order valence-electron chi connectivity index (χ3n) is 4.49. The van der Waals surface area contributed by atoms with Crippen LogP contribution in [0, 0.1) is 5.82 Å². The van der Waals surface area contributed by atoms with Gasteiger partial charge in [-0.05, 0) is 66.2 Å². The van der Waals surface area contributed by atoms with Crippen LogP contribution in [0.15, 0.2) is 72.8 Å². The Kier molecular flexibility index (Phi) is 7.67. The van der Waals surface area contributed by atoms with E-state index in [1.165, 1.54) is 36.0 Å². The van der Waals surface area contributed by atoms with Crippen LogP contribution in [0.25, 0.3) is 0 Å². The maximum Gasteiger partial charge on any atom is 0.255 e. The van der Waals surface area contributed by atoms with E-state index in [4.69, 9.17) is 0 Å². The zero-order valence-corrected chi connectivity index (χ0v) is 18.2. The highest BCUT2D eigenvalue weighted by Gasteiger charge is 2.08. The van der Waals surface area contributed by atoms with Gasteiger partial charge in [0.05, 0.1) is 5.75 Å². The van der Waals surface area contributed by atoms with Gasteiger partial charge in [0.25, 0.3) is 5.91 Å². The first-order chi connectivity index (χ1) is 14.9. The number of nitrogens with one attached hydrogen (secondary N) is 2. The lowest BCUT2D eigenvalue weighted by Crippen LogP contribution is -2.14. The maximum atomic E-state index is 12.9. The van der Waals surface area contributed by atoms with Gasteiger partial charge in [-0.1, -0.05) is 12.1 Å². The summed E-state index contributed by atoms with van der Waals surface area (Å²) in [5.74, 6) is 0.267. The third kappa shape index (κ3) is 6.86. The van der Waals surface area contributed by atoms with Crippen molar-refractivity contribution in [2.45, 2.75) is 5.75 Å². The highest BCUT2D eigenvalue weighted by Crippen LogP contribution is 2.18. The Bertz CT molecular complexity index is 1020. The van der Waals surface area contributed by atoms with Crippen molar-refractivity contribution in [3.63, 3.8) is 0 Å². The van der Waals surface area contributed by atoms with Crippen molar-refractivity contribution in [2.75, 3.05) is 35.4 Å². The van der Waals surface area contributed by atoms with Crippen LogP contribution in [0.1, 0.15) is 15.9 Å². The Balaban J connectivity index is 1.45. The number of hydrogen-bond acceptors (Lipinski definition) is 4. The van der Waals surface area contributed by atoms with E-state index >= 15 is 0 Å². The number of halogens is 1. The molecule has 2 N–H and O–H groups in total. The summed E-state index contributed by atoms with van der Waals surface area (Å²) >= 11 is 1.47. The van der Waals surface area contributed by atoms with Gasteiger partial charge >= 0.3 is 0 Å². The van der Waals surface area contributed by atoms with Crippen molar-refractivity contribution >= 4 is 40.6 Å². The lowest BCUT2D eigenvalue weighted by Gasteiger charge is -2.13. The van der Waals surface area contributed by atoms with E-state index in [2.05, 4.69) is 10.6 Å². The zero-order chi connectivity index (χ0) is 22.2. The van der Waals surface area contributed by atoms with E-state index in [1.807, 2.05) is 55.4 Å². The molecule has 160 valence electrons. The Hall–Kier alpha value is -3.32. The molecule has 0 unspecified atom stereocenters. The molecular formula is C24H24FN3O2S. The smallest absolute Gasteiger partial charge is 0.255 e. The van der Waals surface area contributed by atoms with Crippen LogP contribution in [0.2, 0.25) is 0 Å². The Morgan fingerprint density at radius 3 is 2.03 bits per heavy atom. The van der Waals surface area contributed by atoms with Crippen molar-refractivity contribution in [3.8, 4) is 0 Å². The zero-order valence-electron chi connectivity index (χ0n) is 17.4. The number of carbonyl (C=O) groups is 2. The minimum atomic E-state index is -0.341. The van der Waals surface area contributed by atoms with Gasteiger partial charge in [0.2, 0.25) is 5.91 Å². The molecule has 0 fully saturated rings. The summed E-state index contributed by atoms with van der Waals surface area (Å²) in [7, 11) is 3.93. The number of nitrogens with zero attached hydrogens (tertiary/aromatic N) is 1. The summed E-state index contributed by atoms with van der Waals surface area (Å²) in [6.45, 7) is 0. The van der Waals surface area contributed by atoms with Gasteiger partial charge < -0.3 is 15.5 Å². The van der Waals surface area contributed by atoms with Crippen LogP contribution in [0.5, 0.6) is 0 Å². The average molecular weight is 438 g/mol. The second kappa shape index (κ2) is 10.6. The standard InChI is InChI=1S/C24H24FN3O2S/c1-28(2)22-13-11-21(12-14-22)27-24(30)18-5-3-17(4-6-18)15-31-16-23(29)26-20-9-7-19(25)8-10-20/h3-14H,15-16H2,1-2H3,(H,26,29)(H,27,30). The van der Waals surface area contributed by atoms with Gasteiger partial charge in [0.15, 0.2) is 0 Å². The van der Waals surface area contributed by atoms with Crippen LogP contribution in [-0.2, 0) is 10.5 Å². The lowest BCUT2D eigenvalue weighted by molar-refractivity contribution is -0.113. The molecule has 0 heterocycles. The van der Waals surface area contributed by atoms with Crippen molar-refractivity contribution in [1.82, 2.24) is 0 Å². The molecule has 3 aromatic carbocycles. The minimum Gasteiger partial charge on any atom is -0.378 e. The van der Waals surface area contributed by atoms with E-state index in [1.54, 1.807) is 12.1 Å². The van der Waals surface area contributed by atoms with Gasteiger partial charge in [-0.3, -0.25) is 9.59 Å². The monoisotopic (exact) mass is 437 g/mol. The summed E-state index contributed by atoms with van der Waals surface area (Å²) in [6.07, 6.45) is 0. The first kappa shape index (κ1) is 22.4. The van der Waals surface area contributed by atoms with E-state index in [0.29, 0.717) is 17.0 Å². The predicted octanol–water partition coefficient (Wildman–Crippen LogP) is 5.02. The van der Waals surface area contributed by atoms with Crippen LogP contribution in [0.3, 0.4) is 0 Å². The third-order valence-corrected chi connectivity index (χ3v) is 5.49. The molecule has 0 radical (unpaired) electrons. The molecule has 3 rings (SSSR count). The van der Waals surface area contributed by atoms with Crippen molar-refractivity contribution < 1.29 is 14.0 Å². The molecule has 2 amide bonds. The normalized spacial score (nSPS) is 10.4. The number of hydrogen-bond donors (Lipinski definition) is 2. The van der Waals surface area contributed by atoms with E-state index in [-0.39, 0.29) is 23.4 Å². The Morgan fingerprint density at radius 1 is 0.839 bits per heavy atom. The molecule has 0 aromatic heterocycles. The maximum absolute atomic E-state index is 12.9. The summed E-state index contributed by atoms with van der Waals surface area (Å²) in [5, 5.41) is 5.62. The molecule has 0 aliphatic rings. The summed E-state index contributed by atoms with van der Waals surface area (Å²) in [4.78, 5) is 26.4. The highest BCUT2D eigenvalue weighted by atomic mass is 32.2. The largest absolute Gasteiger partial charge is 0.378 e. The predicted molar refractivity (Wildman–Crippen MR) is 126 cm³/mol. The SMILES string of the molecule is CN(C)c1ccc(NC(=O)c2ccc(CSCC(=O)Nc3ccc(F)cc3)cc2)cc1. The molecule has 0 aliphatic heterocycles. The molecule has 0 saturated heterocycles. The topological polar surface area (TPSA) is 61.4 Å². The van der Waals surface area contributed by atoms with Crippen molar-refractivity contribution in [1.29, 1.82) is 0 Å². The van der Waals surface area contributed by atoms with Gasteiger partial charge in [-0.25, -0.2) is 4.39 Å². The first-order valence-electron chi connectivity index (χ1n) is 9.71. The molecular weight excluding hydrogens is 413 g/mol. The van der Waals surface area contributed by atoms with Gasteiger partial charge in [0.1, 0.15) is 5.82 Å². The quantitative estimate of drug-likeness (QED) is 0.520. The number of thioether (sulfide) groups is 1. The number of rotatable bonds is 8. The molecule has 0 spiro atoms. The number of carbonyl (C=O) groups excluding carboxylic acids is 2. The fourth-order valence-corrected chi connectivity index (χ4v) is 3.58. The summed E-state index contributed by atoms with van der Waals surface area (Å²) < 4.78 is 12.9. The van der Waals surface area contributed by atoms with Crippen LogP contribution < -0.4 is 15.5 Å². The second-order valence-electron chi connectivity index (χ2n) is 7.14. The molecule has 0 bridgehead atoms. The van der Waals surface area contributed by atoms with Crippen molar-refractivity contribution in [3.05, 3.63) is 89.7 Å². The van der Waals surface area contributed by atoms with Crippen LogP contribution in [0.4, 0.5) is 21.5 Å². The minimum absolute atomic E-state index is 0.145. The van der Waals surface area contributed by atoms with Crippen LogP contribution >= 0.6 is 11.8 Å². The number of amides is 2.